The van der Waals surface area contributed by atoms with Gasteiger partial charge in [0.05, 0.1) is 17.8 Å². The second-order valence-corrected chi connectivity index (χ2v) is 15.2. The number of ketones is 1. The average molecular weight is 789 g/mol. The Hall–Kier alpha value is -6.81. The zero-order valence-electron chi connectivity index (χ0n) is 31.5. The van der Waals surface area contributed by atoms with Crippen molar-refractivity contribution < 1.29 is 24.5 Å². The van der Waals surface area contributed by atoms with Gasteiger partial charge in [-0.15, -0.1) is 17.4 Å². The molecule has 290 valence electrons. The maximum atomic E-state index is 12.7. The molecule has 12 heteroatoms. The van der Waals surface area contributed by atoms with Crippen LogP contribution in [0.15, 0.2) is 133 Å². The van der Waals surface area contributed by atoms with Gasteiger partial charge in [-0.2, -0.15) is 0 Å². The molecular formula is C46H40N6O5S. The molecular weight excluding hydrogens is 749 g/mol. The number of aromatic carboxylic acids is 1. The monoisotopic (exact) mass is 788 g/mol. The number of carbonyl (C=O) groups is 2. The summed E-state index contributed by atoms with van der Waals surface area (Å²) in [6, 6.07) is 23.2. The highest BCUT2D eigenvalue weighted by Crippen LogP contribution is 2.45. The first-order chi connectivity index (χ1) is 28.0. The van der Waals surface area contributed by atoms with Crippen LogP contribution in [-0.4, -0.2) is 60.3 Å². The van der Waals surface area contributed by atoms with E-state index in [2.05, 4.69) is 57.2 Å². The number of carbonyl (C=O) groups excluding carboxylic acids is 1. The number of nitrogens with two attached hydrogens (primary N) is 1. The van der Waals surface area contributed by atoms with Crippen LogP contribution in [0.4, 0.5) is 5.69 Å². The van der Waals surface area contributed by atoms with Crippen molar-refractivity contribution in [2.24, 2.45) is 17.6 Å². The molecule has 0 fully saturated rings. The lowest BCUT2D eigenvalue weighted by Gasteiger charge is -2.36. The topological polar surface area (TPSA) is 165 Å². The average Bonchev–Trinajstić information content (AvgIpc) is 3.65. The molecule has 5 atom stereocenters. The lowest BCUT2D eigenvalue weighted by molar-refractivity contribution is -0.110. The summed E-state index contributed by atoms with van der Waals surface area (Å²) >= 11 is 5.63. The fourth-order valence-corrected chi connectivity index (χ4v) is 8.24. The maximum Gasteiger partial charge on any atom is 0.336 e. The predicted molar refractivity (Wildman–Crippen MR) is 229 cm³/mol. The fourth-order valence-electron chi connectivity index (χ4n) is 7.94. The first kappa shape index (κ1) is 38.1. The summed E-state index contributed by atoms with van der Waals surface area (Å²) in [4.78, 5) is 24.9. The largest absolute Gasteiger partial charge is 0.508 e. The number of nitrogens with one attached hydrogen (secondary N) is 2. The standard InChI is InChI=1S/C46H40N6O5S/c1-3-27(18-31-24-52(51-50-31)25-40-34-10-6-4-8-28(34)20-29-9-5-7-11-35(29)40)19-41(47)26(2)48-46(58)49-30-12-15-36(39(21-30)45(55)56)44-37-16-13-32(53)22-42(37)57-43-23-33(54)14-17-38(43)44/h1,4-17,20-24,26-27,37,41-42,53H,18-19,25,47H2,2H3,(H,55,56)(H2,48,49,58). The van der Waals surface area contributed by atoms with Crippen molar-refractivity contribution in [1.29, 1.82) is 0 Å². The molecule has 2 heterocycles. The number of fused-ring (bicyclic) bond motifs is 4. The number of terminal acetylenes is 1. The lowest BCUT2D eigenvalue weighted by atomic mass is 9.77. The molecule has 4 aromatic carbocycles. The summed E-state index contributed by atoms with van der Waals surface area (Å²) in [5.41, 5.74) is 10.8. The third-order valence-electron chi connectivity index (χ3n) is 10.8. The third-order valence-corrected chi connectivity index (χ3v) is 11.1. The van der Waals surface area contributed by atoms with Crippen LogP contribution in [0.25, 0.3) is 27.1 Å². The number of allylic oxidation sites excluding steroid dienone is 4. The number of benzene rings is 4. The highest BCUT2D eigenvalue weighted by atomic mass is 32.1. The maximum absolute atomic E-state index is 12.7. The summed E-state index contributed by atoms with van der Waals surface area (Å²) in [5.74, 6) is 1.22. The van der Waals surface area contributed by atoms with Crippen molar-refractivity contribution in [2.45, 2.75) is 44.5 Å². The number of anilines is 1. The van der Waals surface area contributed by atoms with Crippen molar-refractivity contribution >= 4 is 61.9 Å². The van der Waals surface area contributed by atoms with Crippen molar-refractivity contribution in [3.8, 4) is 12.3 Å². The fraction of sp³-hybridized carbons (Fsp3) is 0.196. The second kappa shape index (κ2) is 16.0. The van der Waals surface area contributed by atoms with E-state index < -0.39 is 18.0 Å². The van der Waals surface area contributed by atoms with E-state index in [1.165, 1.54) is 45.3 Å². The number of hydrogen-bond acceptors (Lipinski definition) is 8. The van der Waals surface area contributed by atoms with Crippen LogP contribution >= 0.6 is 12.2 Å². The van der Waals surface area contributed by atoms with E-state index in [1.807, 2.05) is 42.1 Å². The summed E-state index contributed by atoms with van der Waals surface area (Å²) in [6.07, 6.45) is 17.6. The van der Waals surface area contributed by atoms with Gasteiger partial charge in [0.15, 0.2) is 10.9 Å². The van der Waals surface area contributed by atoms with Crippen LogP contribution in [0.2, 0.25) is 0 Å². The molecule has 0 saturated heterocycles. The van der Waals surface area contributed by atoms with Crippen LogP contribution in [-0.2, 0) is 22.5 Å². The van der Waals surface area contributed by atoms with E-state index in [-0.39, 0.29) is 40.2 Å². The van der Waals surface area contributed by atoms with Gasteiger partial charge in [0.25, 0.3) is 0 Å². The van der Waals surface area contributed by atoms with Crippen molar-refractivity contribution in [3.63, 3.8) is 0 Å². The van der Waals surface area contributed by atoms with Gasteiger partial charge in [-0.3, -0.25) is 4.79 Å². The number of aromatic nitrogens is 3. The van der Waals surface area contributed by atoms with Gasteiger partial charge in [0, 0.05) is 53.9 Å². The Morgan fingerprint density at radius 2 is 1.81 bits per heavy atom. The summed E-state index contributed by atoms with van der Waals surface area (Å²) in [7, 11) is 0. The number of thiocarbonyl (C=S) groups is 1. The zero-order valence-corrected chi connectivity index (χ0v) is 32.3. The summed E-state index contributed by atoms with van der Waals surface area (Å²) < 4.78 is 7.91. The van der Waals surface area contributed by atoms with Gasteiger partial charge in [0.2, 0.25) is 0 Å². The SMILES string of the molecule is C#CC(Cc1cn(Cc2c3ccccc3cc3ccccc23)nn1)CC(N)C(C)NC(=S)Nc1ccc(C2=C3C=CC(=O)C=C3OC3C=C(O)C=CC23)c(C(=O)O)c1. The molecule has 58 heavy (non-hydrogen) atoms. The summed E-state index contributed by atoms with van der Waals surface area (Å²) in [5, 5.41) is 40.7. The molecule has 0 amide bonds. The minimum absolute atomic E-state index is 0.0247. The zero-order chi connectivity index (χ0) is 40.5. The van der Waals surface area contributed by atoms with Gasteiger partial charge in [-0.05, 0) is 106 Å². The highest BCUT2D eigenvalue weighted by Gasteiger charge is 2.37. The normalized spacial score (nSPS) is 18.6. The van der Waals surface area contributed by atoms with Crippen molar-refractivity contribution in [2.75, 3.05) is 5.32 Å². The molecule has 11 nitrogen and oxygen atoms in total. The van der Waals surface area contributed by atoms with E-state index in [0.29, 0.717) is 47.5 Å². The molecule has 5 aromatic rings. The number of aliphatic hydroxyl groups excluding tert-OH is 1. The van der Waals surface area contributed by atoms with E-state index in [1.54, 1.807) is 36.4 Å². The Morgan fingerprint density at radius 1 is 1.07 bits per heavy atom. The lowest BCUT2D eigenvalue weighted by Crippen LogP contribution is -2.47. The van der Waals surface area contributed by atoms with Crippen LogP contribution in [0.1, 0.15) is 40.5 Å². The number of carboxylic acids is 1. The van der Waals surface area contributed by atoms with Crippen LogP contribution in [0.3, 0.4) is 0 Å². The van der Waals surface area contributed by atoms with Crippen molar-refractivity contribution in [3.05, 3.63) is 155 Å². The molecule has 0 saturated carbocycles. The van der Waals surface area contributed by atoms with Gasteiger partial charge in [-0.25, -0.2) is 9.48 Å². The quantitative estimate of drug-likeness (QED) is 0.0531. The molecule has 8 rings (SSSR count). The number of nitrogens with zero attached hydrogens (tertiary/aromatic N) is 3. The van der Waals surface area contributed by atoms with Gasteiger partial charge in [0.1, 0.15) is 17.6 Å². The van der Waals surface area contributed by atoms with Crippen LogP contribution < -0.4 is 16.4 Å². The van der Waals surface area contributed by atoms with E-state index >= 15 is 0 Å². The number of hydrogen-bond donors (Lipinski definition) is 5. The molecule has 1 aromatic heterocycles. The van der Waals surface area contributed by atoms with Gasteiger partial charge in [-0.1, -0.05) is 65.9 Å². The van der Waals surface area contributed by atoms with Crippen LogP contribution in [0.5, 0.6) is 0 Å². The Bertz CT molecular complexity index is 2650. The van der Waals surface area contributed by atoms with E-state index in [9.17, 15) is 19.8 Å². The smallest absolute Gasteiger partial charge is 0.336 e. The summed E-state index contributed by atoms with van der Waals surface area (Å²) in [6.45, 7) is 2.47. The molecule has 6 N–H and O–H groups in total. The highest BCUT2D eigenvalue weighted by molar-refractivity contribution is 7.80. The number of aliphatic hydroxyl groups is 1. The second-order valence-electron chi connectivity index (χ2n) is 14.8. The molecule has 0 spiro atoms. The Balaban J connectivity index is 0.919. The van der Waals surface area contributed by atoms with Crippen LogP contribution in [0, 0.1) is 24.2 Å². The van der Waals surface area contributed by atoms with Gasteiger partial charge < -0.3 is 31.3 Å². The first-order valence-electron chi connectivity index (χ1n) is 18.9. The van der Waals surface area contributed by atoms with E-state index in [4.69, 9.17) is 29.1 Å². The Morgan fingerprint density at radius 3 is 2.53 bits per heavy atom. The minimum Gasteiger partial charge on any atom is -0.508 e. The molecule has 0 bridgehead atoms. The first-order valence-corrected chi connectivity index (χ1v) is 19.3. The van der Waals surface area contributed by atoms with E-state index in [0.717, 1.165) is 5.69 Å². The van der Waals surface area contributed by atoms with Gasteiger partial charge >= 0.3 is 5.97 Å². The molecule has 1 aliphatic heterocycles. The number of carboxylic acid groups (broad SMARTS) is 1. The molecule has 3 aliphatic rings. The molecule has 0 radical (unpaired) electrons. The molecule has 5 unspecified atom stereocenters. The third kappa shape index (κ3) is 7.78. The Kier molecular flexibility index (Phi) is 10.5. The van der Waals surface area contributed by atoms with Crippen molar-refractivity contribution in [1.82, 2.24) is 20.3 Å². The molecule has 2 aliphatic carbocycles. The minimum atomic E-state index is -1.15. The Labute approximate surface area is 340 Å². The predicted octanol–water partition coefficient (Wildman–Crippen LogP) is 7.02. The number of rotatable bonds is 11. The number of ether oxygens (including phenoxy) is 1.